The summed E-state index contributed by atoms with van der Waals surface area (Å²) in [6.45, 7) is 4.73. The van der Waals surface area contributed by atoms with Gasteiger partial charge in [0.05, 0.1) is 40.2 Å². The summed E-state index contributed by atoms with van der Waals surface area (Å²) in [7, 11) is 5.84. The Morgan fingerprint density at radius 2 is 1.77 bits per heavy atom. The van der Waals surface area contributed by atoms with Crippen LogP contribution >= 0.6 is 11.3 Å². The Kier molecular flexibility index (Phi) is 9.54. The van der Waals surface area contributed by atoms with Crippen LogP contribution in [-0.2, 0) is 20.7 Å². The molecule has 1 aliphatic carbocycles. The molecule has 3 N–H and O–H groups in total. The van der Waals surface area contributed by atoms with Gasteiger partial charge in [0.15, 0.2) is 22.3 Å². The number of rotatable bonds is 9. The van der Waals surface area contributed by atoms with Crippen LogP contribution < -0.4 is 35.6 Å². The average Bonchev–Trinajstić information content (AvgIpc) is 3.19. The highest BCUT2D eigenvalue weighted by Gasteiger charge is 2.30. The van der Waals surface area contributed by atoms with Gasteiger partial charge >= 0.3 is 5.97 Å². The number of ether oxygens (including phenoxy) is 4. The molecule has 2 atom stereocenters. The van der Waals surface area contributed by atoms with Crippen molar-refractivity contribution in [3.05, 3.63) is 56.2 Å². The number of benzene rings is 1. The van der Waals surface area contributed by atoms with Gasteiger partial charge in [0.1, 0.15) is 6.04 Å². The number of carbonyl (C=O) groups excluding carboxylic acids is 3. The van der Waals surface area contributed by atoms with Crippen molar-refractivity contribution in [1.29, 1.82) is 0 Å². The first-order valence-electron chi connectivity index (χ1n) is 13.4. The molecule has 13 heteroatoms. The van der Waals surface area contributed by atoms with Crippen LogP contribution in [0.5, 0.6) is 17.2 Å². The highest BCUT2D eigenvalue weighted by molar-refractivity contribution is 7.16. The molecule has 0 saturated heterocycles. The third-order valence-electron chi connectivity index (χ3n) is 7.09. The second-order valence-electron chi connectivity index (χ2n) is 9.87. The molecule has 3 aromatic rings. The molecule has 1 aliphatic rings. The molecular weight excluding hydrogens is 576 g/mol. The number of fused-ring (bicyclic) bond motifs is 3. The second-order valence-corrected chi connectivity index (χ2v) is 11.1. The molecule has 2 amide bonds. The number of hydrogen-bond acceptors (Lipinski definition) is 11. The van der Waals surface area contributed by atoms with Gasteiger partial charge in [0.2, 0.25) is 23.0 Å². The lowest BCUT2D eigenvalue weighted by molar-refractivity contribution is -0.119. The third-order valence-corrected chi connectivity index (χ3v) is 7.97. The van der Waals surface area contributed by atoms with E-state index in [0.717, 1.165) is 22.5 Å². The second kappa shape index (κ2) is 13.1. The predicted molar refractivity (Wildman–Crippen MR) is 163 cm³/mol. The van der Waals surface area contributed by atoms with Crippen molar-refractivity contribution in [1.82, 2.24) is 10.3 Å². The van der Waals surface area contributed by atoms with Gasteiger partial charge < -0.3 is 34.9 Å². The van der Waals surface area contributed by atoms with Crippen molar-refractivity contribution in [2.24, 2.45) is 0 Å². The van der Waals surface area contributed by atoms with E-state index in [1.807, 2.05) is 6.07 Å². The fraction of sp³-hybridized carbons (Fsp3) is 0.367. The molecule has 2 aromatic carbocycles. The van der Waals surface area contributed by atoms with Gasteiger partial charge in [-0.3, -0.25) is 14.4 Å². The van der Waals surface area contributed by atoms with Gasteiger partial charge in [0, 0.05) is 17.4 Å². The van der Waals surface area contributed by atoms with Crippen LogP contribution in [0.3, 0.4) is 0 Å². The van der Waals surface area contributed by atoms with E-state index < -0.39 is 24.0 Å². The van der Waals surface area contributed by atoms with E-state index in [0.29, 0.717) is 46.1 Å². The number of amides is 2. The molecule has 0 spiro atoms. The number of nitrogens with one attached hydrogen (secondary N) is 3. The summed E-state index contributed by atoms with van der Waals surface area (Å²) >= 11 is 1.14. The summed E-state index contributed by atoms with van der Waals surface area (Å²) in [5.74, 6) is 0.0427. The molecule has 0 unspecified atom stereocenters. The normalized spacial score (nSPS) is 14.3. The summed E-state index contributed by atoms with van der Waals surface area (Å²) in [6, 6.07) is 5.40. The SMILES string of the molecule is COC(=O)c1nc(NC(=O)[C@@H](C)Nc2ccc3c(cc2=O)[C@H](NC(C)=O)CCc2cc(OC)c(OC)c(OC)c2-3)sc1C. The Balaban J connectivity index is 1.75. The maximum Gasteiger partial charge on any atom is 0.357 e. The maximum absolute atomic E-state index is 13.6. The Hall–Kier alpha value is -4.65. The van der Waals surface area contributed by atoms with E-state index in [1.165, 1.54) is 34.3 Å². The van der Waals surface area contributed by atoms with Crippen molar-refractivity contribution in [3.63, 3.8) is 0 Å². The molecule has 0 saturated carbocycles. The number of hydrogen-bond donors (Lipinski definition) is 3. The van der Waals surface area contributed by atoms with Crippen molar-refractivity contribution in [2.45, 2.75) is 45.7 Å². The van der Waals surface area contributed by atoms with E-state index in [1.54, 1.807) is 33.1 Å². The predicted octanol–water partition coefficient (Wildman–Crippen LogP) is 3.85. The molecule has 228 valence electrons. The minimum absolute atomic E-state index is 0.125. The molecule has 0 aliphatic heterocycles. The summed E-state index contributed by atoms with van der Waals surface area (Å²) in [5, 5.41) is 8.87. The minimum Gasteiger partial charge on any atom is -0.493 e. The topological polar surface area (TPSA) is 154 Å². The number of aromatic nitrogens is 1. The molecule has 0 radical (unpaired) electrons. The van der Waals surface area contributed by atoms with Gasteiger partial charge in [-0.15, -0.1) is 11.3 Å². The Bertz CT molecular complexity index is 1640. The molecule has 4 rings (SSSR count). The van der Waals surface area contributed by atoms with E-state index in [2.05, 4.69) is 20.9 Å². The summed E-state index contributed by atoms with van der Waals surface area (Å²) in [5.41, 5.74) is 2.80. The quantitative estimate of drug-likeness (QED) is 0.304. The zero-order chi connectivity index (χ0) is 31.4. The maximum atomic E-state index is 13.6. The van der Waals surface area contributed by atoms with Crippen molar-refractivity contribution >= 4 is 39.9 Å². The molecule has 1 heterocycles. The van der Waals surface area contributed by atoms with E-state index in [9.17, 15) is 19.2 Å². The standard InChI is InChI=1S/C30H34N4O8S/c1-14(28(37)34-30-33-25(15(2)43-30)29(38)42-7)31-21-11-9-18-19(13-22(21)36)20(32-16(3)35)10-8-17-12-23(39-4)26(40-5)27(41-6)24(17)18/h9,11-14,20H,8,10H2,1-7H3,(H,31,36)(H,32,35)(H,33,34,37)/t14-,20-/m1/s1. The smallest absolute Gasteiger partial charge is 0.357 e. The zero-order valence-electron chi connectivity index (χ0n) is 25.0. The lowest BCUT2D eigenvalue weighted by atomic mass is 9.95. The minimum atomic E-state index is -0.849. The van der Waals surface area contributed by atoms with Crippen molar-refractivity contribution < 1.29 is 33.3 Å². The Labute approximate surface area is 252 Å². The van der Waals surface area contributed by atoms with E-state index >= 15 is 0 Å². The molecule has 0 bridgehead atoms. The number of methoxy groups -OCH3 is 4. The molecular formula is C30H34N4O8S. The van der Waals surface area contributed by atoms with Crippen molar-refractivity contribution in [2.75, 3.05) is 39.1 Å². The van der Waals surface area contributed by atoms with Crippen LogP contribution in [0.4, 0.5) is 10.8 Å². The number of esters is 1. The van der Waals surface area contributed by atoms with Crippen LogP contribution in [0, 0.1) is 6.92 Å². The van der Waals surface area contributed by atoms with Gasteiger partial charge in [-0.1, -0.05) is 6.07 Å². The van der Waals surface area contributed by atoms with Gasteiger partial charge in [-0.05, 0) is 61.6 Å². The first-order chi connectivity index (χ1) is 20.5. The largest absolute Gasteiger partial charge is 0.493 e. The lowest BCUT2D eigenvalue weighted by Gasteiger charge is -2.19. The fourth-order valence-electron chi connectivity index (χ4n) is 5.08. The molecule has 1 aromatic heterocycles. The monoisotopic (exact) mass is 610 g/mol. The Morgan fingerprint density at radius 1 is 1.05 bits per heavy atom. The fourth-order valence-corrected chi connectivity index (χ4v) is 5.88. The Morgan fingerprint density at radius 3 is 2.40 bits per heavy atom. The van der Waals surface area contributed by atoms with Crippen LogP contribution in [0.15, 0.2) is 29.1 Å². The summed E-state index contributed by atoms with van der Waals surface area (Å²) in [4.78, 5) is 55.4. The van der Waals surface area contributed by atoms with Gasteiger partial charge in [0.25, 0.3) is 0 Å². The number of thiazole rings is 1. The van der Waals surface area contributed by atoms with E-state index in [4.69, 9.17) is 18.9 Å². The first-order valence-corrected chi connectivity index (χ1v) is 14.2. The van der Waals surface area contributed by atoms with Gasteiger partial charge in [-0.2, -0.15) is 0 Å². The van der Waals surface area contributed by atoms with Gasteiger partial charge in [-0.25, -0.2) is 9.78 Å². The summed E-state index contributed by atoms with van der Waals surface area (Å²) in [6.07, 6.45) is 1.09. The van der Waals surface area contributed by atoms with Crippen molar-refractivity contribution in [3.8, 4) is 28.4 Å². The number of nitrogens with zero attached hydrogens (tertiary/aromatic N) is 1. The number of anilines is 2. The lowest BCUT2D eigenvalue weighted by Crippen LogP contribution is -2.33. The zero-order valence-corrected chi connectivity index (χ0v) is 25.8. The van der Waals surface area contributed by atoms with Crippen LogP contribution in [0.25, 0.3) is 11.1 Å². The number of carbonyl (C=O) groups is 3. The van der Waals surface area contributed by atoms with Crippen LogP contribution in [0.1, 0.15) is 52.8 Å². The first kappa shape index (κ1) is 31.3. The molecule has 43 heavy (non-hydrogen) atoms. The summed E-state index contributed by atoms with van der Waals surface area (Å²) < 4.78 is 21.7. The van der Waals surface area contributed by atoms with Crippen LogP contribution in [-0.4, -0.2) is 57.2 Å². The van der Waals surface area contributed by atoms with E-state index in [-0.39, 0.29) is 27.8 Å². The number of aryl methyl sites for hydroxylation is 2. The molecule has 12 nitrogen and oxygen atoms in total. The molecule has 0 fully saturated rings. The third kappa shape index (κ3) is 6.41. The average molecular weight is 611 g/mol. The highest BCUT2D eigenvalue weighted by Crippen LogP contribution is 2.50. The highest BCUT2D eigenvalue weighted by atomic mass is 32.1. The van der Waals surface area contributed by atoms with Crippen LogP contribution in [0.2, 0.25) is 0 Å².